The molecule has 1 fully saturated rings. The van der Waals surface area contributed by atoms with Gasteiger partial charge < -0.3 is 24.8 Å². The van der Waals surface area contributed by atoms with Gasteiger partial charge in [0.2, 0.25) is 5.91 Å². The number of hydrogen-bond acceptors (Lipinski definition) is 5. The van der Waals surface area contributed by atoms with Crippen LogP contribution in [0.1, 0.15) is 40.5 Å². The number of likely N-dealkylation sites (tertiary alicyclic amines) is 1. The van der Waals surface area contributed by atoms with Gasteiger partial charge in [0.15, 0.2) is 5.96 Å². The molecule has 9 heteroatoms. The summed E-state index contributed by atoms with van der Waals surface area (Å²) in [7, 11) is 3.49. The molecular weight excluding hydrogens is 402 g/mol. The molecule has 1 saturated heterocycles. The Morgan fingerprint density at radius 2 is 1.87 bits per heavy atom. The van der Waals surface area contributed by atoms with Crippen LogP contribution in [0.5, 0.6) is 0 Å². The summed E-state index contributed by atoms with van der Waals surface area (Å²) in [4.78, 5) is 34.5. The molecule has 174 valence electrons. The Bertz CT molecular complexity index is 569. The summed E-state index contributed by atoms with van der Waals surface area (Å²) in [6, 6.07) is 0. The largest absolute Gasteiger partial charge is 0.444 e. The van der Waals surface area contributed by atoms with Crippen molar-refractivity contribution in [1.82, 2.24) is 20.0 Å². The molecule has 30 heavy (non-hydrogen) atoms. The molecule has 0 aromatic rings. The maximum absolute atomic E-state index is 12.4. The van der Waals surface area contributed by atoms with Gasteiger partial charge in [-0.1, -0.05) is 0 Å². The van der Waals surface area contributed by atoms with Crippen LogP contribution in [0, 0.1) is 5.92 Å². The van der Waals surface area contributed by atoms with Crippen molar-refractivity contribution in [2.24, 2.45) is 10.9 Å². The van der Waals surface area contributed by atoms with E-state index >= 15 is 0 Å². The second-order valence-corrected chi connectivity index (χ2v) is 9.78. The van der Waals surface area contributed by atoms with Gasteiger partial charge in [-0.25, -0.2) is 9.79 Å². The zero-order valence-corrected chi connectivity index (χ0v) is 20.7. The summed E-state index contributed by atoms with van der Waals surface area (Å²) in [5, 5.41) is 3.40. The molecule has 0 radical (unpaired) electrons. The highest BCUT2D eigenvalue weighted by atomic mass is 32.2. The number of piperidine rings is 1. The molecule has 0 aromatic heterocycles. The van der Waals surface area contributed by atoms with Crippen LogP contribution in [0.15, 0.2) is 4.99 Å². The number of ether oxygens (including phenoxy) is 1. The van der Waals surface area contributed by atoms with Crippen LogP contribution in [0.4, 0.5) is 4.79 Å². The second-order valence-electron chi connectivity index (χ2n) is 8.80. The van der Waals surface area contributed by atoms with E-state index in [1.54, 1.807) is 35.7 Å². The predicted molar refractivity (Wildman–Crippen MR) is 125 cm³/mol. The lowest BCUT2D eigenvalue weighted by Gasteiger charge is -2.36. The van der Waals surface area contributed by atoms with Crippen LogP contribution >= 0.6 is 11.8 Å². The average molecular weight is 444 g/mol. The van der Waals surface area contributed by atoms with Crippen LogP contribution in [0.3, 0.4) is 0 Å². The van der Waals surface area contributed by atoms with E-state index in [2.05, 4.69) is 21.5 Å². The van der Waals surface area contributed by atoms with Crippen LogP contribution < -0.4 is 5.32 Å². The van der Waals surface area contributed by atoms with E-state index in [1.807, 2.05) is 27.7 Å². The second kappa shape index (κ2) is 12.9. The smallest absolute Gasteiger partial charge is 0.410 e. The number of carbonyl (C=O) groups excluding carboxylic acids is 2. The van der Waals surface area contributed by atoms with Crippen LogP contribution in [-0.2, 0) is 9.53 Å². The first-order valence-electron chi connectivity index (χ1n) is 10.8. The molecule has 0 saturated carbocycles. The van der Waals surface area contributed by atoms with Crippen molar-refractivity contribution in [2.45, 2.75) is 46.1 Å². The third-order valence-corrected chi connectivity index (χ3v) is 5.49. The first kappa shape index (κ1) is 26.4. The van der Waals surface area contributed by atoms with E-state index in [-0.39, 0.29) is 18.5 Å². The van der Waals surface area contributed by atoms with Crippen molar-refractivity contribution < 1.29 is 14.3 Å². The summed E-state index contributed by atoms with van der Waals surface area (Å²) in [6.45, 7) is 11.7. The van der Waals surface area contributed by atoms with E-state index in [0.29, 0.717) is 19.0 Å². The van der Waals surface area contributed by atoms with Gasteiger partial charge in [0.05, 0.1) is 0 Å². The lowest BCUT2D eigenvalue weighted by atomic mass is 9.96. The Kier molecular flexibility index (Phi) is 11.4. The van der Waals surface area contributed by atoms with E-state index in [4.69, 9.17) is 4.74 Å². The Morgan fingerprint density at radius 3 is 2.37 bits per heavy atom. The fourth-order valence-electron chi connectivity index (χ4n) is 3.11. The van der Waals surface area contributed by atoms with Gasteiger partial charge in [0.25, 0.3) is 0 Å². The number of carbonyl (C=O) groups is 2. The number of guanidine groups is 1. The quantitative estimate of drug-likeness (QED) is 0.353. The van der Waals surface area contributed by atoms with Crippen molar-refractivity contribution in [3.63, 3.8) is 0 Å². The van der Waals surface area contributed by atoms with Gasteiger partial charge in [-0.3, -0.25) is 4.79 Å². The molecule has 0 unspecified atom stereocenters. The highest BCUT2D eigenvalue weighted by Gasteiger charge is 2.27. The van der Waals surface area contributed by atoms with Gasteiger partial charge in [0, 0.05) is 52.6 Å². The summed E-state index contributed by atoms with van der Waals surface area (Å²) in [5.41, 5.74) is -0.480. The fourth-order valence-corrected chi connectivity index (χ4v) is 3.42. The number of amides is 2. The summed E-state index contributed by atoms with van der Waals surface area (Å²) >= 11 is 1.78. The SMILES string of the molecule is CCN(CC1CCN(C(=NCC(=O)N(C)C)NCCSC)CC1)C(=O)OC(C)(C)C. The van der Waals surface area contributed by atoms with Crippen LogP contribution in [0.25, 0.3) is 0 Å². The third-order valence-electron chi connectivity index (χ3n) is 4.88. The minimum Gasteiger partial charge on any atom is -0.444 e. The molecule has 2 amide bonds. The van der Waals surface area contributed by atoms with Crippen molar-refractivity contribution >= 4 is 29.7 Å². The van der Waals surface area contributed by atoms with Gasteiger partial charge in [-0.2, -0.15) is 11.8 Å². The maximum atomic E-state index is 12.4. The monoisotopic (exact) mass is 443 g/mol. The normalized spacial score (nSPS) is 15.7. The molecular formula is C21H41N5O3S. The Balaban J connectivity index is 2.65. The van der Waals surface area contributed by atoms with Gasteiger partial charge in [-0.05, 0) is 52.7 Å². The maximum Gasteiger partial charge on any atom is 0.410 e. The summed E-state index contributed by atoms with van der Waals surface area (Å²) in [6.07, 6.45) is 3.79. The first-order chi connectivity index (χ1) is 14.1. The molecule has 1 N–H and O–H groups in total. The van der Waals surface area contributed by atoms with Gasteiger partial charge in [0.1, 0.15) is 12.1 Å². The van der Waals surface area contributed by atoms with E-state index in [9.17, 15) is 9.59 Å². The number of aliphatic imine (C=N–C) groups is 1. The Labute approximate surface area is 186 Å². The number of nitrogens with one attached hydrogen (secondary N) is 1. The van der Waals surface area contributed by atoms with Crippen molar-refractivity contribution in [3.05, 3.63) is 0 Å². The molecule has 0 spiro atoms. The average Bonchev–Trinajstić information content (AvgIpc) is 2.67. The number of thioether (sulfide) groups is 1. The predicted octanol–water partition coefficient (Wildman–Crippen LogP) is 2.35. The van der Waals surface area contributed by atoms with Gasteiger partial charge >= 0.3 is 6.09 Å². The van der Waals surface area contributed by atoms with Crippen molar-refractivity contribution in [3.8, 4) is 0 Å². The highest BCUT2D eigenvalue weighted by Crippen LogP contribution is 2.20. The topological polar surface area (TPSA) is 77.5 Å². The van der Waals surface area contributed by atoms with Crippen LogP contribution in [0.2, 0.25) is 0 Å². The lowest BCUT2D eigenvalue weighted by molar-refractivity contribution is -0.127. The van der Waals surface area contributed by atoms with Crippen LogP contribution in [-0.4, -0.2) is 104 Å². The standard InChI is InChI=1S/C21H41N5O3S/c1-8-25(20(28)29-21(2,3)4)16-17-9-12-26(13-10-17)19(22-11-14-30-7)23-15-18(27)24(5)6/h17H,8-16H2,1-7H3,(H,22,23). The Hall–Kier alpha value is -1.64. The number of rotatable bonds is 8. The van der Waals surface area contributed by atoms with E-state index in [0.717, 1.165) is 44.2 Å². The number of nitrogens with zero attached hydrogens (tertiary/aromatic N) is 4. The molecule has 8 nitrogen and oxygen atoms in total. The van der Waals surface area contributed by atoms with E-state index in [1.165, 1.54) is 0 Å². The molecule has 1 aliphatic rings. The molecule has 1 rings (SSSR count). The molecule has 1 heterocycles. The molecule has 0 bridgehead atoms. The highest BCUT2D eigenvalue weighted by molar-refractivity contribution is 7.98. The molecule has 0 atom stereocenters. The number of hydrogen-bond donors (Lipinski definition) is 1. The number of likely N-dealkylation sites (N-methyl/N-ethyl adjacent to an activating group) is 1. The molecule has 0 aliphatic carbocycles. The summed E-state index contributed by atoms with van der Waals surface area (Å²) < 4.78 is 5.53. The Morgan fingerprint density at radius 1 is 1.23 bits per heavy atom. The minimum atomic E-state index is -0.480. The molecule has 0 aromatic carbocycles. The minimum absolute atomic E-state index is 0.00926. The van der Waals surface area contributed by atoms with Gasteiger partial charge in [-0.15, -0.1) is 0 Å². The third kappa shape index (κ3) is 9.91. The lowest BCUT2D eigenvalue weighted by Crippen LogP contribution is -2.48. The van der Waals surface area contributed by atoms with E-state index < -0.39 is 5.60 Å². The zero-order valence-electron chi connectivity index (χ0n) is 19.9. The van der Waals surface area contributed by atoms with Crippen molar-refractivity contribution in [1.29, 1.82) is 0 Å². The fraction of sp³-hybridized carbons (Fsp3) is 0.857. The summed E-state index contributed by atoms with van der Waals surface area (Å²) in [5.74, 6) is 2.21. The first-order valence-corrected chi connectivity index (χ1v) is 12.2. The van der Waals surface area contributed by atoms with Crippen molar-refractivity contribution in [2.75, 3.05) is 65.4 Å². The zero-order chi connectivity index (χ0) is 22.7. The molecule has 1 aliphatic heterocycles.